The highest BCUT2D eigenvalue weighted by atomic mass is 16.5. The third-order valence-corrected chi connectivity index (χ3v) is 5.53. The van der Waals surface area contributed by atoms with Crippen molar-refractivity contribution >= 4 is 23.5 Å². The lowest BCUT2D eigenvalue weighted by Crippen LogP contribution is -2.40. The largest absolute Gasteiger partial charge is 0.459 e. The van der Waals surface area contributed by atoms with E-state index in [2.05, 4.69) is 15.5 Å². The van der Waals surface area contributed by atoms with E-state index < -0.39 is 11.9 Å². The number of para-hydroxylation sites is 1. The van der Waals surface area contributed by atoms with E-state index in [1.54, 1.807) is 31.2 Å². The van der Waals surface area contributed by atoms with Crippen LogP contribution >= 0.6 is 0 Å². The van der Waals surface area contributed by atoms with Gasteiger partial charge >= 0.3 is 11.9 Å². The van der Waals surface area contributed by atoms with Crippen LogP contribution in [0, 0.1) is 0 Å². The number of anilines is 1. The molecule has 2 N–H and O–H groups in total. The maximum Gasteiger partial charge on any atom is 0.397 e. The quantitative estimate of drug-likeness (QED) is 0.598. The van der Waals surface area contributed by atoms with Gasteiger partial charge in [0.25, 0.3) is 5.91 Å². The number of esters is 1. The standard InChI is InChI=1S/C21H29N3O4/c1-2-28-21(27)20(26)23-18-11-7-6-10-17(18)19(25)22-15-12-13-24(14-15)16-8-4-3-5-9-16/h6-7,10-11,15-16H,2-5,8-9,12-14H2,1H3,(H,22,25)(H,23,26). The number of amides is 2. The smallest absolute Gasteiger partial charge is 0.397 e. The number of carbonyl (C=O) groups excluding carboxylic acids is 3. The highest BCUT2D eigenvalue weighted by molar-refractivity contribution is 6.37. The number of benzene rings is 1. The van der Waals surface area contributed by atoms with Crippen LogP contribution < -0.4 is 10.6 Å². The number of nitrogens with zero attached hydrogens (tertiary/aromatic N) is 1. The Morgan fingerprint density at radius 2 is 1.86 bits per heavy atom. The lowest BCUT2D eigenvalue weighted by atomic mass is 9.94. The molecule has 1 saturated carbocycles. The molecule has 7 nitrogen and oxygen atoms in total. The molecule has 1 heterocycles. The summed E-state index contributed by atoms with van der Waals surface area (Å²) in [5.41, 5.74) is 0.649. The first-order valence-corrected chi connectivity index (χ1v) is 10.2. The van der Waals surface area contributed by atoms with E-state index in [1.807, 2.05) is 0 Å². The van der Waals surface area contributed by atoms with Gasteiger partial charge in [-0.25, -0.2) is 4.79 Å². The number of rotatable bonds is 5. The maximum absolute atomic E-state index is 12.8. The molecule has 28 heavy (non-hydrogen) atoms. The number of hydrogen-bond donors (Lipinski definition) is 2. The summed E-state index contributed by atoms with van der Waals surface area (Å²) in [6.45, 7) is 3.63. The Bertz CT molecular complexity index is 715. The van der Waals surface area contributed by atoms with E-state index in [-0.39, 0.29) is 18.6 Å². The maximum atomic E-state index is 12.8. The van der Waals surface area contributed by atoms with Crippen LogP contribution in [-0.4, -0.2) is 54.5 Å². The summed E-state index contributed by atoms with van der Waals surface area (Å²) < 4.78 is 4.70. The molecule has 0 spiro atoms. The van der Waals surface area contributed by atoms with Crippen molar-refractivity contribution in [3.63, 3.8) is 0 Å². The minimum absolute atomic E-state index is 0.100. The Labute approximate surface area is 165 Å². The number of ether oxygens (including phenoxy) is 1. The predicted octanol–water partition coefficient (Wildman–Crippen LogP) is 2.33. The SMILES string of the molecule is CCOC(=O)C(=O)Nc1ccccc1C(=O)NC1CCN(C2CCCCC2)C1. The van der Waals surface area contributed by atoms with Crippen LogP contribution in [0.1, 0.15) is 55.8 Å². The average Bonchev–Trinajstić information content (AvgIpc) is 3.17. The van der Waals surface area contributed by atoms with Gasteiger partial charge in [-0.05, 0) is 38.3 Å². The molecule has 1 unspecified atom stereocenters. The molecule has 0 radical (unpaired) electrons. The Morgan fingerprint density at radius 3 is 2.61 bits per heavy atom. The molecule has 1 saturated heterocycles. The summed E-state index contributed by atoms with van der Waals surface area (Å²) in [6.07, 6.45) is 7.36. The third-order valence-electron chi connectivity index (χ3n) is 5.53. The second-order valence-corrected chi connectivity index (χ2v) is 7.47. The first-order chi connectivity index (χ1) is 13.6. The molecule has 2 fully saturated rings. The average molecular weight is 387 g/mol. The Kier molecular flexibility index (Phi) is 7.03. The van der Waals surface area contributed by atoms with Crippen LogP contribution in [0.4, 0.5) is 5.69 Å². The summed E-state index contributed by atoms with van der Waals surface area (Å²) in [6, 6.07) is 7.43. The molecule has 2 aliphatic rings. The highest BCUT2D eigenvalue weighted by Crippen LogP contribution is 2.26. The zero-order valence-corrected chi connectivity index (χ0v) is 16.4. The van der Waals surface area contributed by atoms with Crippen molar-refractivity contribution in [2.45, 2.75) is 57.5 Å². The van der Waals surface area contributed by atoms with Crippen molar-refractivity contribution in [2.75, 3.05) is 25.0 Å². The van der Waals surface area contributed by atoms with Gasteiger partial charge in [-0.3, -0.25) is 14.5 Å². The minimum atomic E-state index is -0.961. The summed E-state index contributed by atoms with van der Waals surface area (Å²) in [5.74, 6) is -2.08. The van der Waals surface area contributed by atoms with Crippen molar-refractivity contribution in [1.29, 1.82) is 0 Å². The minimum Gasteiger partial charge on any atom is -0.459 e. The zero-order chi connectivity index (χ0) is 19.9. The fourth-order valence-corrected chi connectivity index (χ4v) is 4.11. The van der Waals surface area contributed by atoms with E-state index in [9.17, 15) is 14.4 Å². The molecule has 152 valence electrons. The molecule has 0 bridgehead atoms. The van der Waals surface area contributed by atoms with E-state index in [1.165, 1.54) is 32.1 Å². The molecule has 0 aromatic heterocycles. The number of nitrogens with one attached hydrogen (secondary N) is 2. The summed E-state index contributed by atoms with van der Waals surface area (Å²) >= 11 is 0. The van der Waals surface area contributed by atoms with Gasteiger partial charge in [-0.2, -0.15) is 0 Å². The molecule has 3 rings (SSSR count). The van der Waals surface area contributed by atoms with Crippen molar-refractivity contribution < 1.29 is 19.1 Å². The normalized spacial score (nSPS) is 20.5. The first-order valence-electron chi connectivity index (χ1n) is 10.2. The molecular weight excluding hydrogens is 358 g/mol. The van der Waals surface area contributed by atoms with Crippen molar-refractivity contribution in [3.05, 3.63) is 29.8 Å². The topological polar surface area (TPSA) is 87.7 Å². The number of carbonyl (C=O) groups is 3. The van der Waals surface area contributed by atoms with Crippen LogP contribution in [0.25, 0.3) is 0 Å². The van der Waals surface area contributed by atoms with E-state index >= 15 is 0 Å². The predicted molar refractivity (Wildman–Crippen MR) is 106 cm³/mol. The second kappa shape index (κ2) is 9.68. The summed E-state index contributed by atoms with van der Waals surface area (Å²) in [4.78, 5) is 38.8. The number of hydrogen-bond acceptors (Lipinski definition) is 5. The van der Waals surface area contributed by atoms with Gasteiger partial charge in [0, 0.05) is 25.2 Å². The van der Waals surface area contributed by atoms with Crippen molar-refractivity contribution in [3.8, 4) is 0 Å². The molecule has 7 heteroatoms. The van der Waals surface area contributed by atoms with Gasteiger partial charge in [0.15, 0.2) is 0 Å². The third kappa shape index (κ3) is 5.10. The van der Waals surface area contributed by atoms with Crippen molar-refractivity contribution in [1.82, 2.24) is 10.2 Å². The van der Waals surface area contributed by atoms with Crippen LogP contribution in [0.5, 0.6) is 0 Å². The van der Waals surface area contributed by atoms with E-state index in [0.29, 0.717) is 17.3 Å². The van der Waals surface area contributed by atoms with Gasteiger partial charge in [0.2, 0.25) is 0 Å². The number of likely N-dealkylation sites (tertiary alicyclic amines) is 1. The van der Waals surface area contributed by atoms with Crippen LogP contribution in [-0.2, 0) is 14.3 Å². The molecule has 1 aliphatic heterocycles. The Morgan fingerprint density at radius 1 is 1.11 bits per heavy atom. The van der Waals surface area contributed by atoms with Gasteiger partial charge in [0.05, 0.1) is 17.9 Å². The van der Waals surface area contributed by atoms with Gasteiger partial charge in [-0.1, -0.05) is 31.4 Å². The van der Waals surface area contributed by atoms with Crippen LogP contribution in [0.15, 0.2) is 24.3 Å². The lowest BCUT2D eigenvalue weighted by Gasteiger charge is -2.31. The Balaban J connectivity index is 1.59. The molecule has 1 aliphatic carbocycles. The van der Waals surface area contributed by atoms with Gasteiger partial charge in [0.1, 0.15) is 0 Å². The van der Waals surface area contributed by atoms with Crippen molar-refractivity contribution in [2.24, 2.45) is 0 Å². The van der Waals surface area contributed by atoms with E-state index in [0.717, 1.165) is 19.5 Å². The molecular formula is C21H29N3O4. The fraction of sp³-hybridized carbons (Fsp3) is 0.571. The zero-order valence-electron chi connectivity index (χ0n) is 16.4. The van der Waals surface area contributed by atoms with Gasteiger partial charge < -0.3 is 15.4 Å². The fourth-order valence-electron chi connectivity index (χ4n) is 4.11. The molecule has 1 atom stereocenters. The van der Waals surface area contributed by atoms with Gasteiger partial charge in [-0.15, -0.1) is 0 Å². The monoisotopic (exact) mass is 387 g/mol. The summed E-state index contributed by atoms with van der Waals surface area (Å²) in [7, 11) is 0. The first kappa shape index (κ1) is 20.3. The lowest BCUT2D eigenvalue weighted by molar-refractivity contribution is -0.152. The molecule has 1 aromatic carbocycles. The van der Waals surface area contributed by atoms with Crippen LogP contribution in [0.3, 0.4) is 0 Å². The molecule has 1 aromatic rings. The van der Waals surface area contributed by atoms with Crippen LogP contribution in [0.2, 0.25) is 0 Å². The molecule has 2 amide bonds. The summed E-state index contributed by atoms with van der Waals surface area (Å²) in [5, 5.41) is 5.56. The highest BCUT2D eigenvalue weighted by Gasteiger charge is 2.30. The Hall–Kier alpha value is -2.41. The van der Waals surface area contributed by atoms with E-state index in [4.69, 9.17) is 4.74 Å². The second-order valence-electron chi connectivity index (χ2n) is 7.47.